The van der Waals surface area contributed by atoms with Crippen molar-refractivity contribution in [3.8, 4) is 0 Å². The summed E-state index contributed by atoms with van der Waals surface area (Å²) in [5.74, 6) is -1.32. The first-order chi connectivity index (χ1) is 8.74. The molecule has 0 aromatic heterocycles. The van der Waals surface area contributed by atoms with Crippen LogP contribution in [-0.2, 0) is 13.6 Å². The van der Waals surface area contributed by atoms with Crippen LogP contribution in [0, 0.1) is 0 Å². The maximum Gasteiger partial charge on any atom is 0.363 e. The van der Waals surface area contributed by atoms with E-state index in [4.69, 9.17) is 20.6 Å². The van der Waals surface area contributed by atoms with E-state index >= 15 is 0 Å². The molecule has 1 unspecified atom stereocenters. The molecule has 1 aromatic carbocycles. The fourth-order valence-corrected chi connectivity index (χ4v) is 3.66. The van der Waals surface area contributed by atoms with E-state index in [1.165, 1.54) is 0 Å². The Labute approximate surface area is 119 Å². The number of hydrogen-bond acceptors (Lipinski definition) is 4. The van der Waals surface area contributed by atoms with Gasteiger partial charge in [0.15, 0.2) is 5.85 Å². The van der Waals surface area contributed by atoms with Crippen LogP contribution in [0.3, 0.4) is 0 Å². The highest BCUT2D eigenvalue weighted by atomic mass is 35.5. The first kappa shape index (κ1) is 16.7. The van der Waals surface area contributed by atoms with Crippen LogP contribution in [0.2, 0.25) is 5.02 Å². The Bertz CT molecular complexity index is 430. The van der Waals surface area contributed by atoms with Crippen molar-refractivity contribution in [2.45, 2.75) is 45.7 Å². The fourth-order valence-electron chi connectivity index (χ4n) is 1.55. The molecule has 1 atom stereocenters. The highest BCUT2D eigenvalue weighted by Crippen LogP contribution is 2.61. The van der Waals surface area contributed by atoms with Crippen molar-refractivity contribution < 1.29 is 18.7 Å². The molecule has 108 valence electrons. The summed E-state index contributed by atoms with van der Waals surface area (Å²) < 4.78 is 23.4. The third-order valence-electron chi connectivity index (χ3n) is 2.18. The van der Waals surface area contributed by atoms with Crippen LogP contribution < -0.4 is 0 Å². The van der Waals surface area contributed by atoms with Gasteiger partial charge in [-0.15, -0.1) is 0 Å². The molecule has 0 amide bonds. The summed E-state index contributed by atoms with van der Waals surface area (Å²) in [6, 6.07) is 6.45. The summed E-state index contributed by atoms with van der Waals surface area (Å²) in [5, 5.41) is 10.8. The summed E-state index contributed by atoms with van der Waals surface area (Å²) in [4.78, 5) is 0. The van der Waals surface area contributed by atoms with Gasteiger partial charge in [0.1, 0.15) is 0 Å². The summed E-state index contributed by atoms with van der Waals surface area (Å²) >= 11 is 5.79. The van der Waals surface area contributed by atoms with Crippen molar-refractivity contribution in [1.82, 2.24) is 0 Å². The Hall–Kier alpha value is -0.380. The molecule has 0 bridgehead atoms. The van der Waals surface area contributed by atoms with E-state index in [0.717, 1.165) is 0 Å². The Morgan fingerprint density at radius 1 is 1.05 bits per heavy atom. The number of aliphatic hydroxyl groups is 1. The predicted molar refractivity (Wildman–Crippen MR) is 76.5 cm³/mol. The van der Waals surface area contributed by atoms with Gasteiger partial charge in [-0.05, 0) is 45.4 Å². The first-order valence-electron chi connectivity index (χ1n) is 6.14. The average molecular weight is 307 g/mol. The molecule has 0 aliphatic heterocycles. The quantitative estimate of drug-likeness (QED) is 0.793. The lowest BCUT2D eigenvalue weighted by molar-refractivity contribution is 0.101. The third kappa shape index (κ3) is 4.90. The van der Waals surface area contributed by atoms with Gasteiger partial charge in [-0.2, -0.15) is 0 Å². The van der Waals surface area contributed by atoms with Gasteiger partial charge in [0, 0.05) is 5.02 Å². The van der Waals surface area contributed by atoms with Crippen LogP contribution in [0.5, 0.6) is 0 Å². The highest BCUT2D eigenvalue weighted by Gasteiger charge is 2.37. The van der Waals surface area contributed by atoms with Gasteiger partial charge >= 0.3 is 7.60 Å². The molecule has 0 aliphatic carbocycles. The van der Waals surface area contributed by atoms with Crippen LogP contribution in [0.1, 0.15) is 39.1 Å². The van der Waals surface area contributed by atoms with Crippen LogP contribution in [0.4, 0.5) is 0 Å². The van der Waals surface area contributed by atoms with Crippen molar-refractivity contribution >= 4 is 19.2 Å². The van der Waals surface area contributed by atoms with Gasteiger partial charge in [-0.3, -0.25) is 4.57 Å². The van der Waals surface area contributed by atoms with Crippen molar-refractivity contribution in [2.24, 2.45) is 0 Å². The van der Waals surface area contributed by atoms with E-state index in [1.54, 1.807) is 52.0 Å². The lowest BCUT2D eigenvalue weighted by Gasteiger charge is -2.26. The molecule has 1 rings (SSSR count). The number of halogens is 1. The smallest absolute Gasteiger partial charge is 0.363 e. The van der Waals surface area contributed by atoms with Gasteiger partial charge in [-0.1, -0.05) is 23.7 Å². The largest absolute Gasteiger partial charge is 0.376 e. The minimum atomic E-state index is -3.65. The second kappa shape index (κ2) is 6.87. The molecule has 0 saturated carbocycles. The molecule has 1 N–H and O–H groups in total. The topological polar surface area (TPSA) is 55.8 Å². The van der Waals surface area contributed by atoms with E-state index < -0.39 is 13.4 Å². The first-order valence-corrected chi connectivity index (χ1v) is 8.13. The zero-order chi connectivity index (χ0) is 14.6. The Kier molecular flexibility index (Phi) is 6.03. The molecular weight excluding hydrogens is 287 g/mol. The van der Waals surface area contributed by atoms with Crippen LogP contribution in [0.25, 0.3) is 0 Å². The predicted octanol–water partition coefficient (Wildman–Crippen LogP) is 4.37. The average Bonchev–Trinajstić information content (AvgIpc) is 2.26. The molecule has 0 aliphatic rings. The van der Waals surface area contributed by atoms with Gasteiger partial charge in [0.05, 0.1) is 12.2 Å². The van der Waals surface area contributed by atoms with Crippen LogP contribution >= 0.6 is 19.2 Å². The Balaban J connectivity index is 3.03. The summed E-state index contributed by atoms with van der Waals surface area (Å²) in [6.45, 7) is 6.96. The molecule has 6 heteroatoms. The van der Waals surface area contributed by atoms with Crippen LogP contribution in [0.15, 0.2) is 24.3 Å². The van der Waals surface area contributed by atoms with Gasteiger partial charge in [0.2, 0.25) is 0 Å². The number of hydrogen-bond donors (Lipinski definition) is 1. The fraction of sp³-hybridized carbons (Fsp3) is 0.538. The Morgan fingerprint density at radius 2 is 1.47 bits per heavy atom. The normalized spacial score (nSPS) is 14.1. The second-order valence-electron chi connectivity index (χ2n) is 4.77. The molecule has 19 heavy (non-hydrogen) atoms. The molecule has 0 heterocycles. The second-order valence-corrected chi connectivity index (χ2v) is 7.20. The molecule has 0 saturated heterocycles. The Morgan fingerprint density at radius 3 is 1.84 bits per heavy atom. The SMILES string of the molecule is CC(C)OP(=O)(OC(C)C)C(O)c1ccc(Cl)cc1. The number of aliphatic hydroxyl groups excluding tert-OH is 1. The summed E-state index contributed by atoms with van der Waals surface area (Å²) in [7, 11) is -3.65. The van der Waals surface area contributed by atoms with E-state index in [0.29, 0.717) is 10.6 Å². The lowest BCUT2D eigenvalue weighted by atomic mass is 10.2. The van der Waals surface area contributed by atoms with Crippen molar-refractivity contribution in [1.29, 1.82) is 0 Å². The summed E-state index contributed by atoms with van der Waals surface area (Å²) in [5.41, 5.74) is 0.453. The van der Waals surface area contributed by atoms with E-state index in [2.05, 4.69) is 0 Å². The van der Waals surface area contributed by atoms with Crippen molar-refractivity contribution in [3.05, 3.63) is 34.9 Å². The minimum absolute atomic E-state index is 0.313. The standard InChI is InChI=1S/C13H20ClO4P/c1-9(2)17-19(16,18-10(3)4)13(15)11-5-7-12(14)8-6-11/h5-10,13,15H,1-4H3. The van der Waals surface area contributed by atoms with Gasteiger partial charge in [0.25, 0.3) is 0 Å². The van der Waals surface area contributed by atoms with Crippen molar-refractivity contribution in [2.75, 3.05) is 0 Å². The lowest BCUT2D eigenvalue weighted by Crippen LogP contribution is -2.13. The molecular formula is C13H20ClO4P. The van der Waals surface area contributed by atoms with E-state index in [-0.39, 0.29) is 12.2 Å². The maximum atomic E-state index is 12.7. The van der Waals surface area contributed by atoms with Gasteiger partial charge < -0.3 is 14.2 Å². The third-order valence-corrected chi connectivity index (χ3v) is 4.76. The summed E-state index contributed by atoms with van der Waals surface area (Å²) in [6.07, 6.45) is -0.627. The molecule has 1 aromatic rings. The zero-order valence-corrected chi connectivity index (χ0v) is 13.2. The van der Waals surface area contributed by atoms with E-state index in [9.17, 15) is 9.67 Å². The zero-order valence-electron chi connectivity index (χ0n) is 11.5. The molecule has 0 spiro atoms. The molecule has 0 radical (unpaired) electrons. The number of benzene rings is 1. The van der Waals surface area contributed by atoms with Crippen molar-refractivity contribution in [3.63, 3.8) is 0 Å². The monoisotopic (exact) mass is 306 g/mol. The highest BCUT2D eigenvalue weighted by molar-refractivity contribution is 7.54. The number of rotatable bonds is 6. The molecule has 4 nitrogen and oxygen atoms in total. The molecule has 0 fully saturated rings. The van der Waals surface area contributed by atoms with E-state index in [1.807, 2.05) is 0 Å². The minimum Gasteiger partial charge on any atom is -0.376 e. The van der Waals surface area contributed by atoms with Crippen LogP contribution in [-0.4, -0.2) is 17.3 Å². The van der Waals surface area contributed by atoms with Gasteiger partial charge in [-0.25, -0.2) is 0 Å². The maximum absolute atomic E-state index is 12.7.